The summed E-state index contributed by atoms with van der Waals surface area (Å²) in [5.74, 6) is -0.217. The van der Waals surface area contributed by atoms with Crippen LogP contribution >= 0.6 is 0 Å². The van der Waals surface area contributed by atoms with Gasteiger partial charge in [0.25, 0.3) is 0 Å². The van der Waals surface area contributed by atoms with E-state index in [4.69, 9.17) is 4.74 Å². The van der Waals surface area contributed by atoms with Gasteiger partial charge in [0.15, 0.2) is 0 Å². The van der Waals surface area contributed by atoms with Gasteiger partial charge in [-0.2, -0.15) is 0 Å². The number of benzene rings is 1. The Morgan fingerprint density at radius 3 is 2.80 bits per heavy atom. The molecular formula is C20H30N2O3. The molecule has 0 spiro atoms. The second kappa shape index (κ2) is 8.30. The molecule has 25 heavy (non-hydrogen) atoms. The van der Waals surface area contributed by atoms with E-state index in [2.05, 4.69) is 41.4 Å². The van der Waals surface area contributed by atoms with Gasteiger partial charge in [0.1, 0.15) is 6.10 Å². The summed E-state index contributed by atoms with van der Waals surface area (Å²) < 4.78 is 5.31. The van der Waals surface area contributed by atoms with Crippen LogP contribution in [-0.4, -0.2) is 53.9 Å². The van der Waals surface area contributed by atoms with E-state index in [-0.39, 0.29) is 17.4 Å². The van der Waals surface area contributed by atoms with Crippen molar-refractivity contribution in [2.75, 3.05) is 26.3 Å². The normalized spacial score (nSPS) is 26.5. The number of hydrogen-bond acceptors (Lipinski definition) is 4. The Bertz CT molecular complexity index is 559. The van der Waals surface area contributed by atoms with E-state index in [0.717, 1.165) is 38.8 Å². The maximum atomic E-state index is 12.4. The lowest BCUT2D eigenvalue weighted by molar-refractivity contribution is -0.134. The Hall–Kier alpha value is -1.43. The molecule has 2 N–H and O–H groups in total. The van der Waals surface area contributed by atoms with Crippen molar-refractivity contribution in [3.63, 3.8) is 0 Å². The molecule has 0 radical (unpaired) electrons. The standard InChI is InChI=1S/C20H30N2O3/c1-20(10-5-11-22(20)14-16-6-3-2-4-7-16)15-21-19(24)18(23)17-8-12-25-13-9-17/h2-4,6-7,17-18,23H,5,8-15H2,1H3,(H,21,24)/t18-,20?/m1/s1. The summed E-state index contributed by atoms with van der Waals surface area (Å²) in [4.78, 5) is 14.8. The topological polar surface area (TPSA) is 61.8 Å². The number of likely N-dealkylation sites (tertiary alicyclic amines) is 1. The van der Waals surface area contributed by atoms with Gasteiger partial charge in [-0.05, 0) is 50.6 Å². The van der Waals surface area contributed by atoms with Crippen molar-refractivity contribution in [3.05, 3.63) is 35.9 Å². The summed E-state index contributed by atoms with van der Waals surface area (Å²) in [6, 6.07) is 10.5. The van der Waals surface area contributed by atoms with Crippen LogP contribution in [0.15, 0.2) is 30.3 Å². The average Bonchev–Trinajstić information content (AvgIpc) is 3.01. The van der Waals surface area contributed by atoms with Crippen LogP contribution in [0.3, 0.4) is 0 Å². The van der Waals surface area contributed by atoms with Gasteiger partial charge in [0.05, 0.1) is 0 Å². The number of nitrogens with one attached hydrogen (secondary N) is 1. The van der Waals surface area contributed by atoms with Gasteiger partial charge in [-0.3, -0.25) is 9.69 Å². The summed E-state index contributed by atoms with van der Waals surface area (Å²) in [6.45, 7) is 6.01. The van der Waals surface area contributed by atoms with Crippen LogP contribution in [-0.2, 0) is 16.1 Å². The number of hydrogen-bond donors (Lipinski definition) is 2. The SMILES string of the molecule is CC1(CNC(=O)[C@H](O)C2CCOCC2)CCCN1Cc1ccccc1. The molecule has 3 rings (SSSR count). The number of aliphatic hydroxyl groups excluding tert-OH is 1. The number of amides is 1. The predicted octanol–water partition coefficient (Wildman–Crippen LogP) is 1.94. The van der Waals surface area contributed by atoms with Crippen molar-refractivity contribution < 1.29 is 14.6 Å². The number of carbonyl (C=O) groups excluding carboxylic acids is 1. The van der Waals surface area contributed by atoms with Crippen molar-refractivity contribution in [1.82, 2.24) is 10.2 Å². The predicted molar refractivity (Wildman–Crippen MR) is 97.1 cm³/mol. The van der Waals surface area contributed by atoms with Crippen molar-refractivity contribution >= 4 is 5.91 Å². The molecule has 2 fully saturated rings. The summed E-state index contributed by atoms with van der Waals surface area (Å²) in [5.41, 5.74) is 1.24. The highest BCUT2D eigenvalue weighted by Gasteiger charge is 2.37. The van der Waals surface area contributed by atoms with Crippen LogP contribution in [0.5, 0.6) is 0 Å². The van der Waals surface area contributed by atoms with Crippen molar-refractivity contribution in [1.29, 1.82) is 0 Å². The van der Waals surface area contributed by atoms with E-state index in [1.54, 1.807) is 0 Å². The van der Waals surface area contributed by atoms with Crippen LogP contribution in [0.25, 0.3) is 0 Å². The third-order valence-corrected chi connectivity index (χ3v) is 5.75. The van der Waals surface area contributed by atoms with Crippen molar-refractivity contribution in [2.45, 2.75) is 50.8 Å². The Balaban J connectivity index is 1.54. The van der Waals surface area contributed by atoms with Gasteiger partial charge >= 0.3 is 0 Å². The van der Waals surface area contributed by atoms with Crippen molar-refractivity contribution in [2.24, 2.45) is 5.92 Å². The number of ether oxygens (including phenoxy) is 1. The lowest BCUT2D eigenvalue weighted by atomic mass is 9.92. The molecule has 0 bridgehead atoms. The lowest BCUT2D eigenvalue weighted by Gasteiger charge is -2.36. The zero-order chi connectivity index (χ0) is 17.7. The Kier molecular flexibility index (Phi) is 6.10. The maximum Gasteiger partial charge on any atom is 0.249 e. The fraction of sp³-hybridized carbons (Fsp3) is 0.650. The maximum absolute atomic E-state index is 12.4. The fourth-order valence-corrected chi connectivity index (χ4v) is 3.98. The molecule has 5 heteroatoms. The first-order chi connectivity index (χ1) is 12.1. The van der Waals surface area contributed by atoms with Crippen LogP contribution in [0, 0.1) is 5.92 Å². The highest BCUT2D eigenvalue weighted by molar-refractivity contribution is 5.80. The Morgan fingerprint density at radius 2 is 2.08 bits per heavy atom. The molecule has 2 aliphatic heterocycles. The summed E-state index contributed by atoms with van der Waals surface area (Å²) in [7, 11) is 0. The second-order valence-electron chi connectivity index (χ2n) is 7.62. The largest absolute Gasteiger partial charge is 0.383 e. The average molecular weight is 346 g/mol. The Labute approximate surface area is 150 Å². The monoisotopic (exact) mass is 346 g/mol. The molecule has 0 saturated carbocycles. The third kappa shape index (κ3) is 4.60. The van der Waals surface area contributed by atoms with Crippen LogP contribution in [0.1, 0.15) is 38.2 Å². The minimum absolute atomic E-state index is 0.0190. The number of carbonyl (C=O) groups is 1. The quantitative estimate of drug-likeness (QED) is 0.826. The highest BCUT2D eigenvalue weighted by atomic mass is 16.5. The molecule has 1 aromatic carbocycles. The number of rotatable bonds is 6. The third-order valence-electron chi connectivity index (χ3n) is 5.75. The van der Waals surface area contributed by atoms with E-state index in [1.165, 1.54) is 5.56 Å². The molecule has 0 aliphatic carbocycles. The van der Waals surface area contributed by atoms with E-state index in [0.29, 0.717) is 19.8 Å². The molecule has 2 aliphatic rings. The van der Waals surface area contributed by atoms with E-state index < -0.39 is 6.10 Å². The molecule has 5 nitrogen and oxygen atoms in total. The minimum Gasteiger partial charge on any atom is -0.383 e. The first kappa shape index (κ1) is 18.4. The second-order valence-corrected chi connectivity index (χ2v) is 7.62. The number of aliphatic hydroxyl groups is 1. The number of nitrogens with zero attached hydrogens (tertiary/aromatic N) is 1. The minimum atomic E-state index is -0.920. The van der Waals surface area contributed by atoms with Gasteiger partial charge < -0.3 is 15.2 Å². The van der Waals surface area contributed by atoms with Gasteiger partial charge in [0.2, 0.25) is 5.91 Å². The molecule has 2 saturated heterocycles. The van der Waals surface area contributed by atoms with Crippen molar-refractivity contribution in [3.8, 4) is 0 Å². The summed E-state index contributed by atoms with van der Waals surface area (Å²) >= 11 is 0. The smallest absolute Gasteiger partial charge is 0.249 e. The molecular weight excluding hydrogens is 316 g/mol. The summed E-state index contributed by atoms with van der Waals surface area (Å²) in [6.07, 6.45) is 2.80. The van der Waals surface area contributed by atoms with Crippen LogP contribution in [0.2, 0.25) is 0 Å². The van der Waals surface area contributed by atoms with Gasteiger partial charge in [-0.25, -0.2) is 0 Å². The molecule has 138 valence electrons. The molecule has 0 aromatic heterocycles. The summed E-state index contributed by atoms with van der Waals surface area (Å²) in [5, 5.41) is 13.3. The first-order valence-electron chi connectivity index (χ1n) is 9.41. The van der Waals surface area contributed by atoms with E-state index in [9.17, 15) is 9.90 Å². The molecule has 1 unspecified atom stereocenters. The first-order valence-corrected chi connectivity index (χ1v) is 9.41. The van der Waals surface area contributed by atoms with Gasteiger partial charge in [-0.1, -0.05) is 30.3 Å². The Morgan fingerprint density at radius 1 is 1.36 bits per heavy atom. The zero-order valence-corrected chi connectivity index (χ0v) is 15.1. The van der Waals surface area contributed by atoms with Gasteiger partial charge in [0, 0.05) is 31.8 Å². The lowest BCUT2D eigenvalue weighted by Crippen LogP contribution is -2.52. The zero-order valence-electron chi connectivity index (χ0n) is 15.1. The highest BCUT2D eigenvalue weighted by Crippen LogP contribution is 2.30. The molecule has 1 aromatic rings. The van der Waals surface area contributed by atoms with Crippen LogP contribution in [0.4, 0.5) is 0 Å². The fourth-order valence-electron chi connectivity index (χ4n) is 3.98. The molecule has 1 amide bonds. The molecule has 2 atom stereocenters. The van der Waals surface area contributed by atoms with Gasteiger partial charge in [-0.15, -0.1) is 0 Å². The molecule has 2 heterocycles. The van der Waals surface area contributed by atoms with Crippen LogP contribution < -0.4 is 5.32 Å². The van der Waals surface area contributed by atoms with E-state index in [1.807, 2.05) is 6.07 Å². The van der Waals surface area contributed by atoms with E-state index >= 15 is 0 Å².